The van der Waals surface area contributed by atoms with Crippen LogP contribution in [0.25, 0.3) is 33.1 Å². The maximum atomic E-state index is 12.6. The zero-order valence-electron chi connectivity index (χ0n) is 53.1. The minimum atomic E-state index is -1.06. The van der Waals surface area contributed by atoms with Crippen LogP contribution in [0.4, 0.5) is 17.8 Å². The third-order valence-corrected chi connectivity index (χ3v) is 13.6. The third kappa shape index (κ3) is 23.7. The lowest BCUT2D eigenvalue weighted by atomic mass is 10.0. The molecule has 0 aliphatic heterocycles. The quantitative estimate of drug-likeness (QED) is 0.0169. The Morgan fingerprint density at radius 1 is 0.543 bits per heavy atom. The van der Waals surface area contributed by atoms with E-state index in [0.717, 1.165) is 39.8 Å². The number of carboxylic acids is 2. The van der Waals surface area contributed by atoms with Crippen LogP contribution in [-0.2, 0) is 72.0 Å². The molecule has 29 heteroatoms. The Kier molecular flexibility index (Phi) is 31.1. The standard InChI is InChI=1S/C23H29N5O4.C20H21N5O6.C15H14N4O3.2C3H8.CO2/c1-3-17(11-12-18(29)32-4-2)26-21(30)15-8-5-14(6-9-15)7-10-16-13-25-20-19(16)22(31)28-23(24)27-20;21-20-24-17-16(19(30)25-20)13(9-22-17)6-3-11-1-4-12(5-2-11)18(29)23-14(31-10-26)7-8-15(27)28;16-15-18-12-11(13(20)19-15)10(7-17-12)6-3-8-1-4-9(5-2-8)14(21)22;2*1-3-2;2-1-3/h5-6,8-9,13,17H,3-4,7,10-12H2,1-2H3,(H,26,30)(H4,24,25,27,28,31);1-2,4-5,9-10,14H,3,6-8H2,(H,23,29)(H,27,28)(H4,21,22,24,25,30);1-2,4-5,7H,3,6H2,(H,21,22)(H4,16,17,18,19,20);2*3H2,1-2H3;/t17-;14-;;;;/m11..../s1. The van der Waals surface area contributed by atoms with Gasteiger partial charge in [-0.3, -0.25) is 53.3 Å². The number of rotatable bonds is 24. The van der Waals surface area contributed by atoms with Gasteiger partial charge < -0.3 is 62.5 Å². The van der Waals surface area contributed by atoms with Gasteiger partial charge >= 0.3 is 24.1 Å². The molecular weight excluding hydrogens is 1220 g/mol. The molecule has 0 aliphatic carbocycles. The van der Waals surface area contributed by atoms with Crippen molar-refractivity contribution in [1.29, 1.82) is 0 Å². The number of esters is 1. The number of carboxylic acid groups (broad SMARTS) is 2. The first kappa shape index (κ1) is 75.0. The second-order valence-corrected chi connectivity index (χ2v) is 20.9. The van der Waals surface area contributed by atoms with Gasteiger partial charge in [0.1, 0.15) is 16.9 Å². The second-order valence-electron chi connectivity index (χ2n) is 20.9. The smallest absolute Gasteiger partial charge is 0.373 e. The van der Waals surface area contributed by atoms with Crippen LogP contribution in [-0.4, -0.2) is 116 Å². The van der Waals surface area contributed by atoms with E-state index in [1.165, 1.54) is 12.8 Å². The highest BCUT2D eigenvalue weighted by molar-refractivity contribution is 5.95. The van der Waals surface area contributed by atoms with Crippen molar-refractivity contribution in [2.75, 3.05) is 23.8 Å². The first-order valence-corrected chi connectivity index (χ1v) is 30.2. The number of nitrogens with zero attached hydrogens (tertiary/aromatic N) is 3. The minimum Gasteiger partial charge on any atom is -0.481 e. The lowest BCUT2D eigenvalue weighted by Gasteiger charge is -2.16. The average molecular weight is 1300 g/mol. The number of aromatic carboxylic acids is 1. The number of aromatic amines is 6. The summed E-state index contributed by atoms with van der Waals surface area (Å²) >= 11 is 0. The van der Waals surface area contributed by atoms with Gasteiger partial charge in [-0.2, -0.15) is 24.5 Å². The van der Waals surface area contributed by atoms with Gasteiger partial charge in [0.2, 0.25) is 17.8 Å². The van der Waals surface area contributed by atoms with E-state index in [4.69, 9.17) is 46.5 Å². The molecule has 9 rings (SSSR count). The lowest BCUT2D eigenvalue weighted by molar-refractivity contribution is -0.191. The number of anilines is 3. The summed E-state index contributed by atoms with van der Waals surface area (Å²) in [7, 11) is 0. The molecule has 6 aromatic heterocycles. The molecule has 2 amide bonds. The number of aromatic nitrogens is 9. The number of benzene rings is 3. The van der Waals surface area contributed by atoms with Crippen molar-refractivity contribution in [3.8, 4) is 0 Å². The van der Waals surface area contributed by atoms with E-state index in [-0.39, 0.29) is 89.9 Å². The molecule has 0 radical (unpaired) electrons. The molecular formula is C65H80N14O15. The summed E-state index contributed by atoms with van der Waals surface area (Å²) in [6.07, 6.45) is 12.1. The molecule has 9 aromatic rings. The molecule has 29 nitrogen and oxygen atoms in total. The van der Waals surface area contributed by atoms with Crippen LogP contribution in [0.3, 0.4) is 0 Å². The van der Waals surface area contributed by atoms with Crippen LogP contribution in [0.15, 0.2) is 106 Å². The Hall–Kier alpha value is -11.5. The molecule has 3 aromatic carbocycles. The predicted octanol–water partition coefficient (Wildman–Crippen LogP) is 6.75. The van der Waals surface area contributed by atoms with Crippen molar-refractivity contribution in [2.24, 2.45) is 0 Å². The number of amides is 2. The fourth-order valence-corrected chi connectivity index (χ4v) is 9.15. The predicted molar refractivity (Wildman–Crippen MR) is 352 cm³/mol. The minimum absolute atomic E-state index is 0.0395. The van der Waals surface area contributed by atoms with Gasteiger partial charge in [-0.1, -0.05) is 83.9 Å². The van der Waals surface area contributed by atoms with Crippen molar-refractivity contribution in [1.82, 2.24) is 55.5 Å². The summed E-state index contributed by atoms with van der Waals surface area (Å²) in [5.74, 6) is -2.71. The summed E-state index contributed by atoms with van der Waals surface area (Å²) in [6.45, 7) is 12.8. The van der Waals surface area contributed by atoms with Crippen LogP contribution in [0.1, 0.15) is 151 Å². The fourth-order valence-electron chi connectivity index (χ4n) is 9.15. The van der Waals surface area contributed by atoms with Crippen molar-refractivity contribution >= 4 is 93.3 Å². The molecule has 0 spiro atoms. The Labute approximate surface area is 538 Å². The first-order valence-electron chi connectivity index (χ1n) is 30.2. The summed E-state index contributed by atoms with van der Waals surface area (Å²) < 4.78 is 9.66. The van der Waals surface area contributed by atoms with Gasteiger partial charge in [0.15, 0.2) is 6.23 Å². The van der Waals surface area contributed by atoms with E-state index in [1.807, 2.05) is 19.1 Å². The van der Waals surface area contributed by atoms with E-state index >= 15 is 0 Å². The summed E-state index contributed by atoms with van der Waals surface area (Å²) in [4.78, 5) is 150. The van der Waals surface area contributed by atoms with Gasteiger partial charge in [-0.15, -0.1) is 0 Å². The van der Waals surface area contributed by atoms with Gasteiger partial charge in [-0.25, -0.2) is 4.79 Å². The summed E-state index contributed by atoms with van der Waals surface area (Å²) in [5, 5.41) is 24.5. The Bertz CT molecular complexity index is 4140. The normalized spacial score (nSPS) is 11.0. The van der Waals surface area contributed by atoms with Crippen LogP contribution < -0.4 is 44.5 Å². The number of carbonyl (C=O) groups excluding carboxylic acids is 6. The van der Waals surface area contributed by atoms with E-state index < -0.39 is 24.1 Å². The van der Waals surface area contributed by atoms with E-state index in [9.17, 15) is 43.2 Å². The molecule has 0 aliphatic rings. The number of H-pyrrole nitrogens is 6. The number of aryl methyl sites for hydroxylation is 6. The highest BCUT2D eigenvalue weighted by Gasteiger charge is 2.19. The maximum Gasteiger partial charge on any atom is 0.373 e. The third-order valence-electron chi connectivity index (χ3n) is 13.6. The van der Waals surface area contributed by atoms with E-state index in [0.29, 0.717) is 95.8 Å². The zero-order chi connectivity index (χ0) is 69.3. The molecule has 16 N–H and O–H groups in total. The fraction of sp³-hybridized carbons (Fsp3) is 0.338. The average Bonchev–Trinajstić information content (AvgIpc) is 1.66. The highest BCUT2D eigenvalue weighted by Crippen LogP contribution is 2.20. The zero-order valence-corrected chi connectivity index (χ0v) is 53.1. The number of nitrogen functional groups attached to an aromatic ring is 3. The van der Waals surface area contributed by atoms with Crippen LogP contribution in [0, 0.1) is 0 Å². The summed E-state index contributed by atoms with van der Waals surface area (Å²) in [6, 6.07) is 20.8. The van der Waals surface area contributed by atoms with Gasteiger partial charge in [0.25, 0.3) is 35.0 Å². The largest absolute Gasteiger partial charge is 0.481 e. The second kappa shape index (κ2) is 38.9. The summed E-state index contributed by atoms with van der Waals surface area (Å²) in [5.41, 5.74) is 23.8. The van der Waals surface area contributed by atoms with Gasteiger partial charge in [0, 0.05) is 48.6 Å². The SMILES string of the molecule is CCC.CCC.CCOC(=O)CC[C@@H](CC)NC(=O)c1ccc(CCc2c[nH]c3nc(N)[nH]c(=O)c23)cc1.Nc1nc2[nH]cc(CCc3ccc(C(=O)N[C@@H](CCC(=O)O)OC=O)cc3)c2c(=O)[nH]1.Nc1nc2[nH]cc(CCc3ccc(C(=O)O)cc3)c2c(=O)[nH]1.O=C=O. The number of hydrogen-bond donors (Lipinski definition) is 13. The lowest BCUT2D eigenvalue weighted by Crippen LogP contribution is -2.37. The number of hydrogen-bond acceptors (Lipinski definition) is 19. The molecule has 0 saturated carbocycles. The maximum absolute atomic E-state index is 12.6. The van der Waals surface area contributed by atoms with E-state index in [2.05, 4.69) is 83.2 Å². The number of aliphatic carboxylic acids is 1. The van der Waals surface area contributed by atoms with Crippen molar-refractivity contribution < 1.29 is 58.0 Å². The van der Waals surface area contributed by atoms with Crippen molar-refractivity contribution in [3.05, 3.63) is 173 Å². The van der Waals surface area contributed by atoms with Gasteiger partial charge in [0.05, 0.1) is 34.7 Å². The molecule has 0 fully saturated rings. The first-order chi connectivity index (χ1) is 45.1. The molecule has 94 heavy (non-hydrogen) atoms. The molecule has 0 saturated heterocycles. The number of carbonyl (C=O) groups is 6. The number of fused-ring (bicyclic) bond motifs is 3. The number of nitrogens with two attached hydrogens (primary N) is 3. The van der Waals surface area contributed by atoms with Gasteiger partial charge in [-0.05, 0) is 128 Å². The van der Waals surface area contributed by atoms with Crippen LogP contribution in [0.2, 0.25) is 0 Å². The van der Waals surface area contributed by atoms with Crippen LogP contribution >= 0.6 is 0 Å². The molecule has 0 bridgehead atoms. The number of ether oxygens (including phenoxy) is 2. The molecule has 6 heterocycles. The monoisotopic (exact) mass is 1300 g/mol. The number of nitrogens with one attached hydrogen (secondary N) is 8. The van der Waals surface area contributed by atoms with Crippen LogP contribution in [0.5, 0.6) is 0 Å². The van der Waals surface area contributed by atoms with Crippen molar-refractivity contribution in [2.45, 2.75) is 137 Å². The Balaban J connectivity index is 0.000000285. The molecule has 500 valence electrons. The molecule has 0 unspecified atom stereocenters. The van der Waals surface area contributed by atoms with E-state index in [1.54, 1.807) is 86.2 Å². The highest BCUT2D eigenvalue weighted by atomic mass is 16.5. The molecule has 2 atom stereocenters. The van der Waals surface area contributed by atoms with Crippen molar-refractivity contribution in [3.63, 3.8) is 0 Å². The Morgan fingerprint density at radius 3 is 1.21 bits per heavy atom. The Morgan fingerprint density at radius 2 is 0.894 bits per heavy atom. The topological polar surface area (TPSA) is 482 Å².